The van der Waals surface area contributed by atoms with Gasteiger partial charge in [0.15, 0.2) is 6.61 Å². The van der Waals surface area contributed by atoms with Crippen molar-refractivity contribution in [3.63, 3.8) is 0 Å². The molecule has 0 aromatic heterocycles. The minimum atomic E-state index is -0.236. The molecule has 0 atom stereocenters. The number of hydrogen-bond acceptors (Lipinski definition) is 3. The third-order valence-corrected chi connectivity index (χ3v) is 4.67. The van der Waals surface area contributed by atoms with Crippen LogP contribution < -0.4 is 15.4 Å². The first-order valence-electron chi connectivity index (χ1n) is 9.39. The molecule has 5 nitrogen and oxygen atoms in total. The van der Waals surface area contributed by atoms with Gasteiger partial charge in [-0.3, -0.25) is 9.59 Å². The van der Waals surface area contributed by atoms with Crippen molar-refractivity contribution >= 4 is 23.2 Å². The summed E-state index contributed by atoms with van der Waals surface area (Å²) in [6.07, 6.45) is 0. The van der Waals surface area contributed by atoms with Crippen LogP contribution in [0.4, 0.5) is 11.4 Å². The predicted molar refractivity (Wildman–Crippen MR) is 116 cm³/mol. The second-order valence-electron chi connectivity index (χ2n) is 6.93. The van der Waals surface area contributed by atoms with Crippen molar-refractivity contribution in [1.82, 2.24) is 0 Å². The Labute approximate surface area is 170 Å². The van der Waals surface area contributed by atoms with Crippen LogP contribution in [-0.2, 0) is 4.79 Å². The normalized spacial score (nSPS) is 10.3. The second kappa shape index (κ2) is 9.06. The minimum absolute atomic E-state index is 0.109. The van der Waals surface area contributed by atoms with Gasteiger partial charge in [-0.1, -0.05) is 29.8 Å². The zero-order valence-corrected chi connectivity index (χ0v) is 16.8. The smallest absolute Gasteiger partial charge is 0.262 e. The first-order valence-corrected chi connectivity index (χ1v) is 9.39. The van der Waals surface area contributed by atoms with E-state index < -0.39 is 0 Å². The summed E-state index contributed by atoms with van der Waals surface area (Å²) in [6.45, 7) is 5.85. The summed E-state index contributed by atoms with van der Waals surface area (Å²) < 4.78 is 5.53. The van der Waals surface area contributed by atoms with Crippen LogP contribution in [0.2, 0.25) is 0 Å². The van der Waals surface area contributed by atoms with Crippen molar-refractivity contribution in [2.45, 2.75) is 20.8 Å². The van der Waals surface area contributed by atoms with E-state index in [0.29, 0.717) is 11.3 Å². The summed E-state index contributed by atoms with van der Waals surface area (Å²) in [4.78, 5) is 24.5. The molecule has 0 aliphatic heterocycles. The highest BCUT2D eigenvalue weighted by Gasteiger charge is 2.09. The summed E-state index contributed by atoms with van der Waals surface area (Å²) in [5, 5.41) is 5.70. The summed E-state index contributed by atoms with van der Waals surface area (Å²) >= 11 is 0. The first-order chi connectivity index (χ1) is 13.9. The maximum atomic E-state index is 12.3. The van der Waals surface area contributed by atoms with Gasteiger partial charge < -0.3 is 15.4 Å². The summed E-state index contributed by atoms with van der Waals surface area (Å²) in [5.74, 6) is 0.0842. The molecule has 0 heterocycles. The SMILES string of the molecule is Cc1ccc(NC(=O)c2ccc(OCC(=O)Nc3cccc(C)c3C)cc2)cc1. The molecule has 0 aliphatic rings. The van der Waals surface area contributed by atoms with E-state index in [1.54, 1.807) is 24.3 Å². The fourth-order valence-corrected chi connectivity index (χ4v) is 2.76. The second-order valence-corrected chi connectivity index (χ2v) is 6.93. The van der Waals surface area contributed by atoms with E-state index in [2.05, 4.69) is 10.6 Å². The zero-order chi connectivity index (χ0) is 20.8. The van der Waals surface area contributed by atoms with Crippen LogP contribution in [0.1, 0.15) is 27.0 Å². The number of nitrogens with one attached hydrogen (secondary N) is 2. The molecule has 0 spiro atoms. The van der Waals surface area contributed by atoms with Crippen molar-refractivity contribution in [1.29, 1.82) is 0 Å². The summed E-state index contributed by atoms with van der Waals surface area (Å²) in [5.41, 5.74) is 5.31. The molecule has 5 heteroatoms. The monoisotopic (exact) mass is 388 g/mol. The molecule has 0 bridgehead atoms. The van der Waals surface area contributed by atoms with Crippen molar-refractivity contribution in [2.75, 3.05) is 17.2 Å². The van der Waals surface area contributed by atoms with Crippen LogP contribution in [0, 0.1) is 20.8 Å². The topological polar surface area (TPSA) is 67.4 Å². The van der Waals surface area contributed by atoms with Crippen LogP contribution in [0.15, 0.2) is 66.7 Å². The van der Waals surface area contributed by atoms with Gasteiger partial charge in [-0.2, -0.15) is 0 Å². The van der Waals surface area contributed by atoms with E-state index in [0.717, 1.165) is 28.1 Å². The Kier molecular flexibility index (Phi) is 6.29. The van der Waals surface area contributed by atoms with Gasteiger partial charge in [-0.05, 0) is 74.4 Å². The summed E-state index contributed by atoms with van der Waals surface area (Å²) in [6, 6.07) is 20.1. The fourth-order valence-electron chi connectivity index (χ4n) is 2.76. The van der Waals surface area contributed by atoms with Crippen LogP contribution in [0.5, 0.6) is 5.75 Å². The minimum Gasteiger partial charge on any atom is -0.484 e. The van der Waals surface area contributed by atoms with Gasteiger partial charge in [0.25, 0.3) is 11.8 Å². The highest BCUT2D eigenvalue weighted by Crippen LogP contribution is 2.18. The third kappa shape index (κ3) is 5.45. The lowest BCUT2D eigenvalue weighted by Gasteiger charge is -2.11. The van der Waals surface area contributed by atoms with Crippen LogP contribution in [0.3, 0.4) is 0 Å². The quantitative estimate of drug-likeness (QED) is 0.632. The molecule has 3 aromatic carbocycles. The van der Waals surface area contributed by atoms with E-state index in [9.17, 15) is 9.59 Å². The van der Waals surface area contributed by atoms with E-state index in [1.165, 1.54) is 0 Å². The van der Waals surface area contributed by atoms with E-state index >= 15 is 0 Å². The number of benzene rings is 3. The molecule has 0 radical (unpaired) electrons. The lowest BCUT2D eigenvalue weighted by molar-refractivity contribution is -0.118. The lowest BCUT2D eigenvalue weighted by atomic mass is 10.1. The van der Waals surface area contributed by atoms with Gasteiger partial charge in [0.05, 0.1) is 0 Å². The molecule has 2 N–H and O–H groups in total. The first kappa shape index (κ1) is 20.1. The number of carbonyl (C=O) groups excluding carboxylic acids is 2. The molecule has 3 rings (SSSR count). The molecule has 148 valence electrons. The molecule has 0 unspecified atom stereocenters. The molecule has 3 aromatic rings. The number of amides is 2. The number of hydrogen-bond donors (Lipinski definition) is 2. The van der Waals surface area contributed by atoms with E-state index in [4.69, 9.17) is 4.74 Å². The van der Waals surface area contributed by atoms with Gasteiger partial charge in [0, 0.05) is 16.9 Å². The average molecular weight is 388 g/mol. The highest BCUT2D eigenvalue weighted by atomic mass is 16.5. The molecular weight excluding hydrogens is 364 g/mol. The fraction of sp³-hybridized carbons (Fsp3) is 0.167. The Balaban J connectivity index is 1.53. The lowest BCUT2D eigenvalue weighted by Crippen LogP contribution is -2.20. The average Bonchev–Trinajstić information content (AvgIpc) is 2.72. The standard InChI is InChI=1S/C24H24N2O3/c1-16-7-11-20(12-8-16)25-24(28)19-9-13-21(14-10-19)29-15-23(27)26-22-6-4-5-17(2)18(22)3/h4-14H,15H2,1-3H3,(H,25,28)(H,26,27). The summed E-state index contributed by atoms with van der Waals surface area (Å²) in [7, 11) is 0. The molecule has 2 amide bonds. The third-order valence-electron chi connectivity index (χ3n) is 4.67. The van der Waals surface area contributed by atoms with Gasteiger partial charge in [-0.15, -0.1) is 0 Å². The number of ether oxygens (including phenoxy) is 1. The molecule has 0 fully saturated rings. The predicted octanol–water partition coefficient (Wildman–Crippen LogP) is 4.88. The largest absolute Gasteiger partial charge is 0.484 e. The van der Waals surface area contributed by atoms with E-state index in [-0.39, 0.29) is 18.4 Å². The van der Waals surface area contributed by atoms with Crippen LogP contribution >= 0.6 is 0 Å². The Morgan fingerprint density at radius 2 is 1.52 bits per heavy atom. The van der Waals surface area contributed by atoms with Crippen molar-refractivity contribution in [2.24, 2.45) is 0 Å². The van der Waals surface area contributed by atoms with Crippen molar-refractivity contribution < 1.29 is 14.3 Å². The van der Waals surface area contributed by atoms with Crippen LogP contribution in [-0.4, -0.2) is 18.4 Å². The Morgan fingerprint density at radius 3 is 2.21 bits per heavy atom. The number of carbonyl (C=O) groups is 2. The number of rotatable bonds is 6. The van der Waals surface area contributed by atoms with Crippen LogP contribution in [0.25, 0.3) is 0 Å². The molecule has 0 saturated carbocycles. The Hall–Kier alpha value is -3.60. The van der Waals surface area contributed by atoms with E-state index in [1.807, 2.05) is 63.2 Å². The molecule has 0 saturated heterocycles. The number of anilines is 2. The highest BCUT2D eigenvalue weighted by molar-refractivity contribution is 6.04. The molecular formula is C24H24N2O3. The van der Waals surface area contributed by atoms with Crippen molar-refractivity contribution in [3.05, 3.63) is 89.0 Å². The van der Waals surface area contributed by atoms with Gasteiger partial charge in [0.2, 0.25) is 0 Å². The number of aryl methyl sites for hydroxylation is 2. The zero-order valence-electron chi connectivity index (χ0n) is 16.8. The maximum Gasteiger partial charge on any atom is 0.262 e. The van der Waals surface area contributed by atoms with Gasteiger partial charge in [-0.25, -0.2) is 0 Å². The van der Waals surface area contributed by atoms with Gasteiger partial charge >= 0.3 is 0 Å². The Morgan fingerprint density at radius 1 is 0.828 bits per heavy atom. The maximum absolute atomic E-state index is 12.3. The molecule has 0 aliphatic carbocycles. The van der Waals surface area contributed by atoms with Gasteiger partial charge in [0.1, 0.15) is 5.75 Å². The molecule has 29 heavy (non-hydrogen) atoms. The Bertz CT molecular complexity index is 1010. The van der Waals surface area contributed by atoms with Crippen molar-refractivity contribution in [3.8, 4) is 5.75 Å².